The minimum absolute atomic E-state index is 0.0146. The second-order valence-corrected chi connectivity index (χ2v) is 6.59. The van der Waals surface area contributed by atoms with Crippen LogP contribution in [0.5, 0.6) is 0 Å². The molecular formula is C20H23NO3S. The summed E-state index contributed by atoms with van der Waals surface area (Å²) in [6.07, 6.45) is 1.38. The van der Waals surface area contributed by atoms with E-state index in [-0.39, 0.29) is 23.5 Å². The van der Waals surface area contributed by atoms with Gasteiger partial charge in [-0.05, 0) is 30.5 Å². The van der Waals surface area contributed by atoms with Gasteiger partial charge in [0.2, 0.25) is 0 Å². The van der Waals surface area contributed by atoms with Crippen molar-refractivity contribution in [3.8, 4) is 0 Å². The molecule has 0 heterocycles. The van der Waals surface area contributed by atoms with Gasteiger partial charge in [-0.1, -0.05) is 49.4 Å². The second-order valence-electron chi connectivity index (χ2n) is 5.93. The zero-order chi connectivity index (χ0) is 18.2. The fourth-order valence-corrected chi connectivity index (χ4v) is 3.02. The van der Waals surface area contributed by atoms with Crippen LogP contribution in [0.1, 0.15) is 29.3 Å². The number of aliphatic carboxylic acids is 1. The van der Waals surface area contributed by atoms with Crippen molar-refractivity contribution in [2.45, 2.75) is 25.0 Å². The van der Waals surface area contributed by atoms with E-state index in [2.05, 4.69) is 17.9 Å². The van der Waals surface area contributed by atoms with Crippen molar-refractivity contribution in [3.63, 3.8) is 0 Å². The maximum Gasteiger partial charge on any atom is 0.322 e. The van der Waals surface area contributed by atoms with Gasteiger partial charge in [-0.25, -0.2) is 0 Å². The van der Waals surface area contributed by atoms with Gasteiger partial charge in [-0.3, -0.25) is 9.59 Å². The lowest BCUT2D eigenvalue weighted by atomic mass is 9.87. The van der Waals surface area contributed by atoms with E-state index >= 15 is 0 Å². The van der Waals surface area contributed by atoms with Crippen molar-refractivity contribution in [1.29, 1.82) is 0 Å². The van der Waals surface area contributed by atoms with Gasteiger partial charge in [0.1, 0.15) is 6.54 Å². The van der Waals surface area contributed by atoms with Gasteiger partial charge >= 0.3 is 5.97 Å². The third-order valence-corrected chi connectivity index (χ3v) is 4.87. The summed E-state index contributed by atoms with van der Waals surface area (Å²) in [6, 6.07) is 16.9. The molecule has 0 saturated heterocycles. The summed E-state index contributed by atoms with van der Waals surface area (Å²) in [7, 11) is 0. The van der Waals surface area contributed by atoms with E-state index in [0.29, 0.717) is 17.7 Å². The molecule has 132 valence electrons. The molecule has 25 heavy (non-hydrogen) atoms. The Morgan fingerprint density at radius 2 is 1.72 bits per heavy atom. The molecule has 2 aromatic rings. The molecular weight excluding hydrogens is 334 g/mol. The van der Waals surface area contributed by atoms with Crippen molar-refractivity contribution >= 4 is 30.1 Å². The number of para-hydroxylation sites is 1. The monoisotopic (exact) mass is 357 g/mol. The molecule has 2 N–H and O–H groups in total. The van der Waals surface area contributed by atoms with Crippen LogP contribution < -0.4 is 5.32 Å². The number of nitrogens with one attached hydrogen (secondary N) is 1. The molecule has 0 bridgehead atoms. The van der Waals surface area contributed by atoms with Crippen LogP contribution in [0.2, 0.25) is 0 Å². The number of anilines is 1. The lowest BCUT2D eigenvalue weighted by molar-refractivity contribution is -0.134. The lowest BCUT2D eigenvalue weighted by Gasteiger charge is -2.22. The van der Waals surface area contributed by atoms with Gasteiger partial charge in [-0.2, -0.15) is 12.6 Å². The molecule has 0 fully saturated rings. The molecule has 2 unspecified atom stereocenters. The summed E-state index contributed by atoms with van der Waals surface area (Å²) in [6.45, 7) is 1.78. The van der Waals surface area contributed by atoms with Crippen molar-refractivity contribution in [1.82, 2.24) is 0 Å². The van der Waals surface area contributed by atoms with Crippen molar-refractivity contribution in [2.75, 3.05) is 11.9 Å². The Labute approximate surface area is 153 Å². The molecule has 2 atom stereocenters. The standard InChI is InChI=1S/C20H23NO3S/c1-2-18(25)16(12-14-8-4-3-5-9-14)20(24)15-10-6-7-11-17(15)21-13-19(22)23/h3-11,16,18,21,25H,2,12-13H2,1H3,(H,22,23). The van der Waals surface area contributed by atoms with Gasteiger partial charge in [0, 0.05) is 22.4 Å². The summed E-state index contributed by atoms with van der Waals surface area (Å²) in [5, 5.41) is 11.6. The Balaban J connectivity index is 2.28. The Hall–Kier alpha value is -2.27. The molecule has 0 spiro atoms. The van der Waals surface area contributed by atoms with Crippen molar-refractivity contribution in [2.24, 2.45) is 5.92 Å². The number of Topliss-reactive ketones (excluding diaryl/α,β-unsaturated/α-hetero) is 1. The number of carbonyl (C=O) groups excluding carboxylic acids is 1. The van der Waals surface area contributed by atoms with Crippen LogP contribution >= 0.6 is 12.6 Å². The fraction of sp³-hybridized carbons (Fsp3) is 0.300. The largest absolute Gasteiger partial charge is 0.480 e. The normalized spacial score (nSPS) is 13.0. The number of benzene rings is 2. The molecule has 0 aliphatic heterocycles. The van der Waals surface area contributed by atoms with E-state index in [1.165, 1.54) is 0 Å². The van der Waals surface area contributed by atoms with Gasteiger partial charge in [0.05, 0.1) is 0 Å². The van der Waals surface area contributed by atoms with Gasteiger partial charge in [0.15, 0.2) is 5.78 Å². The third kappa shape index (κ3) is 5.36. The number of ketones is 1. The fourth-order valence-electron chi connectivity index (χ4n) is 2.78. The van der Waals surface area contributed by atoms with Crippen LogP contribution in [0.3, 0.4) is 0 Å². The third-order valence-electron chi connectivity index (χ3n) is 4.14. The zero-order valence-corrected chi connectivity index (χ0v) is 15.1. The Morgan fingerprint density at radius 3 is 2.36 bits per heavy atom. The summed E-state index contributed by atoms with van der Waals surface area (Å²) in [4.78, 5) is 24.0. The molecule has 0 saturated carbocycles. The molecule has 0 amide bonds. The van der Waals surface area contributed by atoms with E-state index in [1.807, 2.05) is 37.3 Å². The van der Waals surface area contributed by atoms with E-state index in [9.17, 15) is 9.59 Å². The highest BCUT2D eigenvalue weighted by Gasteiger charge is 2.27. The maximum absolute atomic E-state index is 13.2. The second kappa shape index (κ2) is 9.28. The number of hydrogen-bond acceptors (Lipinski definition) is 4. The van der Waals surface area contributed by atoms with Crippen LogP contribution in [-0.2, 0) is 11.2 Å². The molecule has 0 aliphatic rings. The quantitative estimate of drug-likeness (QED) is 0.470. The van der Waals surface area contributed by atoms with Crippen LogP contribution in [0.25, 0.3) is 0 Å². The van der Waals surface area contributed by atoms with Crippen LogP contribution in [0.15, 0.2) is 54.6 Å². The number of thiol groups is 1. The number of rotatable bonds is 9. The molecule has 4 nitrogen and oxygen atoms in total. The van der Waals surface area contributed by atoms with E-state index < -0.39 is 5.97 Å². The van der Waals surface area contributed by atoms with E-state index in [0.717, 1.165) is 12.0 Å². The minimum atomic E-state index is -0.969. The van der Waals surface area contributed by atoms with Gasteiger partial charge in [-0.15, -0.1) is 0 Å². The van der Waals surface area contributed by atoms with Crippen LogP contribution in [0, 0.1) is 5.92 Å². The van der Waals surface area contributed by atoms with Crippen molar-refractivity contribution < 1.29 is 14.7 Å². The first-order chi connectivity index (χ1) is 12.0. The first-order valence-electron chi connectivity index (χ1n) is 8.33. The average molecular weight is 357 g/mol. The van der Waals surface area contributed by atoms with Gasteiger partial charge < -0.3 is 10.4 Å². The number of carboxylic acid groups (broad SMARTS) is 1. The summed E-state index contributed by atoms with van der Waals surface area (Å²) < 4.78 is 0. The number of carboxylic acids is 1. The highest BCUT2D eigenvalue weighted by molar-refractivity contribution is 7.81. The smallest absolute Gasteiger partial charge is 0.322 e. The summed E-state index contributed by atoms with van der Waals surface area (Å²) >= 11 is 4.63. The molecule has 2 rings (SSSR count). The average Bonchev–Trinajstić information content (AvgIpc) is 2.64. The predicted molar refractivity (Wildman–Crippen MR) is 104 cm³/mol. The molecule has 0 aliphatic carbocycles. The highest BCUT2D eigenvalue weighted by Crippen LogP contribution is 2.27. The van der Waals surface area contributed by atoms with E-state index in [4.69, 9.17) is 5.11 Å². The van der Waals surface area contributed by atoms with Crippen LogP contribution in [0.4, 0.5) is 5.69 Å². The molecule has 0 aromatic heterocycles. The minimum Gasteiger partial charge on any atom is -0.480 e. The summed E-state index contributed by atoms with van der Waals surface area (Å²) in [5.41, 5.74) is 2.14. The van der Waals surface area contributed by atoms with Crippen molar-refractivity contribution in [3.05, 3.63) is 65.7 Å². The first kappa shape index (κ1) is 19.1. The number of carbonyl (C=O) groups is 2. The van der Waals surface area contributed by atoms with Crippen LogP contribution in [-0.4, -0.2) is 28.7 Å². The molecule has 0 radical (unpaired) electrons. The summed E-state index contributed by atoms with van der Waals surface area (Å²) in [5.74, 6) is -1.26. The Bertz CT molecular complexity index is 718. The first-order valence-corrected chi connectivity index (χ1v) is 8.85. The Kier molecular flexibility index (Phi) is 7.07. The lowest BCUT2D eigenvalue weighted by Crippen LogP contribution is -2.27. The topological polar surface area (TPSA) is 66.4 Å². The maximum atomic E-state index is 13.2. The van der Waals surface area contributed by atoms with Gasteiger partial charge in [0.25, 0.3) is 0 Å². The highest BCUT2D eigenvalue weighted by atomic mass is 32.1. The SMILES string of the molecule is CCC(S)C(Cc1ccccc1)C(=O)c1ccccc1NCC(=O)O. The predicted octanol–water partition coefficient (Wildman–Crippen LogP) is 3.93. The molecule has 5 heteroatoms. The zero-order valence-electron chi connectivity index (χ0n) is 14.2. The molecule has 2 aromatic carbocycles. The number of hydrogen-bond donors (Lipinski definition) is 3. The Morgan fingerprint density at radius 1 is 1.08 bits per heavy atom. The van der Waals surface area contributed by atoms with E-state index in [1.54, 1.807) is 24.3 Å².